The number of unbranched alkanes of at least 4 members (excludes halogenated alkanes) is 12. The topological polar surface area (TPSA) is 156 Å². The standard InChI is InChI=1S/C21H26O2.C20H24O3.C19H23NO2.C19H22O2/c1-3-23-21(22)13-7-5-4-6-10-17(2)19-15-14-18-11-8-9-12-20(18)16-19;1-2-23-20(22)12-6-4-3-5-11-19(21)18-14-13-16-9-7-8-10-17(16)15-18;1-15(8-4-2-3-5-11-19(21)20-22)17-13-12-16-9-6-7-10-18(16)14-17;1-15(8-4-2-3-5-11-19(20)21)17-13-12-16-9-6-7-10-18(16)14-17/h8-9,11-12,14-16H,2-7,10,13H2,1H3;7-10,13-15H,2-6,11-12H2,1H3;6-7,9-10,12-14,22H,1-5,8,11H2,(H,20,21);6-7,9-10,12-14H,1-5,8,11H2,(H,20,21). The molecule has 8 aromatic rings. The number of benzene rings is 8. The lowest BCUT2D eigenvalue weighted by molar-refractivity contribution is -0.144. The first-order valence-electron chi connectivity index (χ1n) is 32.3. The molecule has 470 valence electrons. The van der Waals surface area contributed by atoms with Crippen molar-refractivity contribution in [1.29, 1.82) is 0 Å². The molecule has 0 fully saturated rings. The van der Waals surface area contributed by atoms with Gasteiger partial charge in [0, 0.05) is 37.7 Å². The number of hydrogen-bond acceptors (Lipinski definition) is 8. The number of esters is 2. The summed E-state index contributed by atoms with van der Waals surface area (Å²) in [4.78, 5) is 56.0. The van der Waals surface area contributed by atoms with Gasteiger partial charge in [0.15, 0.2) is 5.78 Å². The van der Waals surface area contributed by atoms with E-state index in [9.17, 15) is 24.0 Å². The van der Waals surface area contributed by atoms with Crippen molar-refractivity contribution in [2.45, 2.75) is 168 Å². The Morgan fingerprint density at radius 1 is 0.337 bits per heavy atom. The number of Topliss-reactive ketones (excluding diaryl/α,β-unsaturated/α-hetero) is 1. The highest BCUT2D eigenvalue weighted by Crippen LogP contribution is 2.28. The van der Waals surface area contributed by atoms with E-state index >= 15 is 0 Å². The number of nitrogens with one attached hydrogen (secondary N) is 1. The number of amides is 1. The number of carboxylic acid groups (broad SMARTS) is 1. The summed E-state index contributed by atoms with van der Waals surface area (Å²) in [6, 6.07) is 58.5. The molecule has 0 aliphatic carbocycles. The molecule has 89 heavy (non-hydrogen) atoms. The summed E-state index contributed by atoms with van der Waals surface area (Å²) in [7, 11) is 0. The van der Waals surface area contributed by atoms with E-state index in [2.05, 4.69) is 135 Å². The Balaban J connectivity index is 0.000000216. The van der Waals surface area contributed by atoms with E-state index in [0.717, 1.165) is 138 Å². The van der Waals surface area contributed by atoms with Crippen LogP contribution in [0.15, 0.2) is 190 Å². The Morgan fingerprint density at radius 2 is 0.607 bits per heavy atom. The molecule has 0 radical (unpaired) electrons. The summed E-state index contributed by atoms with van der Waals surface area (Å²) in [5, 5.41) is 26.8. The molecule has 0 spiro atoms. The number of rotatable bonds is 34. The second-order valence-corrected chi connectivity index (χ2v) is 22.7. The third kappa shape index (κ3) is 27.6. The van der Waals surface area contributed by atoms with Crippen LogP contribution in [0.2, 0.25) is 0 Å². The molecule has 0 atom stereocenters. The van der Waals surface area contributed by atoms with Crippen LogP contribution in [0.25, 0.3) is 59.8 Å². The number of hydroxylamine groups is 1. The minimum absolute atomic E-state index is 0.0759. The van der Waals surface area contributed by atoms with Crippen LogP contribution in [0.1, 0.15) is 195 Å². The molecule has 10 heteroatoms. The Labute approximate surface area is 529 Å². The lowest BCUT2D eigenvalue weighted by Crippen LogP contribution is -2.17. The molecule has 0 heterocycles. The zero-order valence-electron chi connectivity index (χ0n) is 52.9. The second kappa shape index (κ2) is 41.6. The van der Waals surface area contributed by atoms with E-state index in [1.165, 1.54) is 65.7 Å². The molecule has 10 nitrogen and oxygen atoms in total. The van der Waals surface area contributed by atoms with Gasteiger partial charge in [0.1, 0.15) is 0 Å². The van der Waals surface area contributed by atoms with Crippen molar-refractivity contribution in [2.24, 2.45) is 0 Å². The summed E-state index contributed by atoms with van der Waals surface area (Å²) in [5.41, 5.74) is 9.62. The maximum absolute atomic E-state index is 12.2. The smallest absolute Gasteiger partial charge is 0.305 e. The molecule has 8 aromatic carbocycles. The molecule has 0 aromatic heterocycles. The van der Waals surface area contributed by atoms with Gasteiger partial charge in [-0.2, -0.15) is 0 Å². The van der Waals surface area contributed by atoms with Crippen LogP contribution in [0.3, 0.4) is 0 Å². The monoisotopic (exact) mass is 1200 g/mol. The molecule has 0 saturated carbocycles. The van der Waals surface area contributed by atoms with E-state index in [1.54, 1.807) is 5.48 Å². The summed E-state index contributed by atoms with van der Waals surface area (Å²) in [6.45, 7) is 17.2. The van der Waals surface area contributed by atoms with Gasteiger partial charge in [0.2, 0.25) is 5.91 Å². The van der Waals surface area contributed by atoms with Gasteiger partial charge in [-0.3, -0.25) is 29.2 Å². The number of ether oxygens (including phenoxy) is 2. The number of carbonyl (C=O) groups is 5. The number of aliphatic carboxylic acids is 1. The minimum Gasteiger partial charge on any atom is -0.481 e. The quantitative estimate of drug-likeness (QED) is 0.0117. The lowest BCUT2D eigenvalue weighted by Gasteiger charge is -2.08. The average molecular weight is 1200 g/mol. The first kappa shape index (κ1) is 71.3. The van der Waals surface area contributed by atoms with Crippen molar-refractivity contribution < 1.29 is 43.8 Å². The molecular weight excluding hydrogens is 1110 g/mol. The van der Waals surface area contributed by atoms with Crippen LogP contribution in [0.5, 0.6) is 0 Å². The van der Waals surface area contributed by atoms with Crippen LogP contribution < -0.4 is 5.48 Å². The number of hydrogen-bond donors (Lipinski definition) is 3. The highest BCUT2D eigenvalue weighted by molar-refractivity contribution is 6.00. The normalized spacial score (nSPS) is 10.6. The number of ketones is 1. The van der Waals surface area contributed by atoms with Gasteiger partial charge < -0.3 is 14.6 Å². The van der Waals surface area contributed by atoms with Crippen LogP contribution in [-0.2, 0) is 28.7 Å². The second-order valence-electron chi connectivity index (χ2n) is 22.7. The summed E-state index contributed by atoms with van der Waals surface area (Å²) in [6.07, 6.45) is 21.0. The van der Waals surface area contributed by atoms with E-state index < -0.39 is 5.97 Å². The predicted molar refractivity (Wildman–Crippen MR) is 369 cm³/mol. The Morgan fingerprint density at radius 3 is 0.921 bits per heavy atom. The molecule has 3 N–H and O–H groups in total. The fourth-order valence-electron chi connectivity index (χ4n) is 10.5. The van der Waals surface area contributed by atoms with Crippen molar-refractivity contribution in [2.75, 3.05) is 13.2 Å². The van der Waals surface area contributed by atoms with Crippen molar-refractivity contribution in [1.82, 2.24) is 5.48 Å². The summed E-state index contributed by atoms with van der Waals surface area (Å²) < 4.78 is 9.81. The van der Waals surface area contributed by atoms with Crippen LogP contribution in [-0.4, -0.2) is 53.1 Å². The maximum atomic E-state index is 12.2. The summed E-state index contributed by atoms with van der Waals surface area (Å²) in [5.74, 6) is -1.01. The third-order valence-electron chi connectivity index (χ3n) is 15.7. The van der Waals surface area contributed by atoms with E-state index in [1.807, 2.05) is 68.4 Å². The molecule has 0 unspecified atom stereocenters. The van der Waals surface area contributed by atoms with Crippen molar-refractivity contribution >= 4 is 89.4 Å². The largest absolute Gasteiger partial charge is 0.481 e. The fourth-order valence-corrected chi connectivity index (χ4v) is 10.5. The van der Waals surface area contributed by atoms with Gasteiger partial charge in [-0.25, -0.2) is 5.48 Å². The van der Waals surface area contributed by atoms with Crippen molar-refractivity contribution in [3.8, 4) is 0 Å². The average Bonchev–Trinajstić information content (AvgIpc) is 3.43. The zero-order valence-corrected chi connectivity index (χ0v) is 52.9. The zero-order chi connectivity index (χ0) is 63.9. The van der Waals surface area contributed by atoms with Gasteiger partial charge >= 0.3 is 17.9 Å². The lowest BCUT2D eigenvalue weighted by atomic mass is 9.98. The fraction of sp³-hybridized carbons (Fsp3) is 0.354. The Kier molecular flexibility index (Phi) is 33.4. The molecular formula is C79H95NO9. The minimum atomic E-state index is -0.699. The van der Waals surface area contributed by atoms with E-state index in [4.69, 9.17) is 19.8 Å². The van der Waals surface area contributed by atoms with E-state index in [0.29, 0.717) is 38.9 Å². The highest BCUT2D eigenvalue weighted by atomic mass is 16.5. The first-order chi connectivity index (χ1) is 43.3. The summed E-state index contributed by atoms with van der Waals surface area (Å²) >= 11 is 0. The van der Waals surface area contributed by atoms with Crippen LogP contribution >= 0.6 is 0 Å². The number of fused-ring (bicyclic) bond motifs is 4. The van der Waals surface area contributed by atoms with Gasteiger partial charge in [-0.05, 0) is 185 Å². The number of carboxylic acids is 1. The maximum Gasteiger partial charge on any atom is 0.305 e. The van der Waals surface area contributed by atoms with Crippen molar-refractivity contribution in [3.05, 3.63) is 212 Å². The molecule has 0 aliphatic rings. The molecule has 1 amide bonds. The van der Waals surface area contributed by atoms with Crippen LogP contribution in [0, 0.1) is 0 Å². The molecule has 0 bridgehead atoms. The van der Waals surface area contributed by atoms with E-state index in [-0.39, 0.29) is 30.0 Å². The Hall–Kier alpha value is -8.47. The molecule has 8 rings (SSSR count). The molecule has 0 aliphatic heterocycles. The van der Waals surface area contributed by atoms with Crippen molar-refractivity contribution in [3.63, 3.8) is 0 Å². The predicted octanol–water partition coefficient (Wildman–Crippen LogP) is 20.7. The Bertz CT molecular complexity index is 3410. The highest BCUT2D eigenvalue weighted by Gasteiger charge is 2.09. The van der Waals surface area contributed by atoms with Gasteiger partial charge in [-0.1, -0.05) is 217 Å². The number of allylic oxidation sites excluding steroid dienone is 3. The first-order valence-corrected chi connectivity index (χ1v) is 32.3. The van der Waals surface area contributed by atoms with Gasteiger partial charge in [0.25, 0.3) is 0 Å². The van der Waals surface area contributed by atoms with Crippen LogP contribution in [0.4, 0.5) is 0 Å². The third-order valence-corrected chi connectivity index (χ3v) is 15.7. The van der Waals surface area contributed by atoms with Gasteiger partial charge in [0.05, 0.1) is 13.2 Å². The number of carbonyl (C=O) groups excluding carboxylic acids is 4. The SMILES string of the molecule is C=C(CCCCCCC(=O)NO)c1ccc2ccccc2c1.C=C(CCCCCCC(=O)O)c1ccc2ccccc2c1.C=C(CCCCCCC(=O)OCC)c1ccc2ccccc2c1.CCOC(=O)CCCCCCC(=O)c1ccc2ccccc2c1. The molecule has 0 saturated heterocycles. The van der Waals surface area contributed by atoms with Gasteiger partial charge in [-0.15, -0.1) is 0 Å².